The zero-order valence-electron chi connectivity index (χ0n) is 15.4. The first-order chi connectivity index (χ1) is 12.4. The number of hydrogen-bond acceptors (Lipinski definition) is 5. The van der Waals surface area contributed by atoms with Crippen LogP contribution in [0, 0.1) is 0 Å². The van der Waals surface area contributed by atoms with Crippen LogP contribution >= 0.6 is 0 Å². The van der Waals surface area contributed by atoms with Gasteiger partial charge in [-0.05, 0) is 37.7 Å². The Morgan fingerprint density at radius 1 is 1.12 bits per heavy atom. The highest BCUT2D eigenvalue weighted by Gasteiger charge is 2.31. The number of hydrogen-bond donors (Lipinski definition) is 0. The molecular formula is C18H27N3O4S. The van der Waals surface area contributed by atoms with Crippen LogP contribution in [0.3, 0.4) is 0 Å². The van der Waals surface area contributed by atoms with Gasteiger partial charge in [0.25, 0.3) is 5.91 Å². The Morgan fingerprint density at radius 2 is 1.77 bits per heavy atom. The van der Waals surface area contributed by atoms with Crippen LogP contribution in [0.5, 0.6) is 0 Å². The molecule has 1 aromatic carbocycles. The summed E-state index contributed by atoms with van der Waals surface area (Å²) >= 11 is 0. The van der Waals surface area contributed by atoms with Crippen LogP contribution in [0.4, 0.5) is 0 Å². The maximum atomic E-state index is 12.8. The third kappa shape index (κ3) is 3.93. The predicted molar refractivity (Wildman–Crippen MR) is 98.6 cm³/mol. The number of carbonyl (C=O) groups is 1. The van der Waals surface area contributed by atoms with Crippen molar-refractivity contribution in [1.82, 2.24) is 14.1 Å². The van der Waals surface area contributed by atoms with Crippen LogP contribution in [-0.2, 0) is 14.8 Å². The van der Waals surface area contributed by atoms with Gasteiger partial charge in [-0.3, -0.25) is 4.79 Å². The number of nitrogens with zero attached hydrogens (tertiary/aromatic N) is 3. The van der Waals surface area contributed by atoms with Gasteiger partial charge in [0, 0.05) is 44.3 Å². The number of rotatable bonds is 4. The van der Waals surface area contributed by atoms with Gasteiger partial charge in [-0.2, -0.15) is 4.31 Å². The first kappa shape index (κ1) is 19.3. The smallest absolute Gasteiger partial charge is 0.253 e. The standard InChI is InChI=1S/C18H27N3O4S/c1-3-19-8-10-20(11-9-19)18(22)16-4-6-17(7-5-16)26(23,24)21-12-13-25-14-15(21)2/h4-7,15H,3,8-14H2,1-2H3. The molecule has 7 nitrogen and oxygen atoms in total. The van der Waals surface area contributed by atoms with E-state index in [1.807, 2.05) is 11.8 Å². The van der Waals surface area contributed by atoms with Crippen LogP contribution < -0.4 is 0 Å². The van der Waals surface area contributed by atoms with E-state index < -0.39 is 10.0 Å². The molecule has 2 saturated heterocycles. The molecule has 0 radical (unpaired) electrons. The van der Waals surface area contributed by atoms with E-state index >= 15 is 0 Å². The summed E-state index contributed by atoms with van der Waals surface area (Å²) in [5.74, 6) is -0.0376. The van der Waals surface area contributed by atoms with E-state index in [2.05, 4.69) is 11.8 Å². The largest absolute Gasteiger partial charge is 0.378 e. The van der Waals surface area contributed by atoms with Crippen molar-refractivity contribution in [3.05, 3.63) is 29.8 Å². The summed E-state index contributed by atoms with van der Waals surface area (Å²) in [5.41, 5.74) is 0.531. The number of sulfonamides is 1. The van der Waals surface area contributed by atoms with Gasteiger partial charge in [-0.15, -0.1) is 0 Å². The normalized spacial score (nSPS) is 23.2. The lowest BCUT2D eigenvalue weighted by Gasteiger charge is -2.34. The fourth-order valence-electron chi connectivity index (χ4n) is 3.42. The summed E-state index contributed by atoms with van der Waals surface area (Å²) < 4.78 is 32.4. The molecule has 0 N–H and O–H groups in total. The molecule has 0 saturated carbocycles. The van der Waals surface area contributed by atoms with Crippen molar-refractivity contribution in [1.29, 1.82) is 0 Å². The Labute approximate surface area is 155 Å². The van der Waals surface area contributed by atoms with Crippen molar-refractivity contribution < 1.29 is 17.9 Å². The number of piperazine rings is 1. The highest BCUT2D eigenvalue weighted by Crippen LogP contribution is 2.21. The van der Waals surface area contributed by atoms with Crippen LogP contribution in [-0.4, -0.2) is 87.0 Å². The van der Waals surface area contributed by atoms with Gasteiger partial charge in [0.2, 0.25) is 10.0 Å². The maximum Gasteiger partial charge on any atom is 0.253 e. The third-order valence-corrected chi connectivity index (χ3v) is 7.15. The van der Waals surface area contributed by atoms with Crippen molar-refractivity contribution >= 4 is 15.9 Å². The lowest BCUT2D eigenvalue weighted by molar-refractivity contribution is 0.0393. The Morgan fingerprint density at radius 3 is 2.35 bits per heavy atom. The summed E-state index contributed by atoms with van der Waals surface area (Å²) in [6, 6.07) is 6.11. The molecule has 0 spiro atoms. The molecule has 0 aliphatic carbocycles. The van der Waals surface area contributed by atoms with E-state index in [9.17, 15) is 13.2 Å². The lowest BCUT2D eigenvalue weighted by Crippen LogP contribution is -2.48. The number of carbonyl (C=O) groups excluding carboxylic acids is 1. The van der Waals surface area contributed by atoms with E-state index in [0.29, 0.717) is 38.4 Å². The second kappa shape index (κ2) is 8.04. The van der Waals surface area contributed by atoms with Crippen LogP contribution in [0.1, 0.15) is 24.2 Å². The Bertz CT molecular complexity index is 727. The van der Waals surface area contributed by atoms with E-state index in [0.717, 1.165) is 19.6 Å². The van der Waals surface area contributed by atoms with Crippen molar-refractivity contribution in [2.45, 2.75) is 24.8 Å². The number of morpholine rings is 1. The fraction of sp³-hybridized carbons (Fsp3) is 0.611. The summed E-state index contributed by atoms with van der Waals surface area (Å²) in [6.07, 6.45) is 0. The molecule has 144 valence electrons. The second-order valence-electron chi connectivity index (χ2n) is 6.79. The molecular weight excluding hydrogens is 354 g/mol. The molecule has 0 aromatic heterocycles. The number of likely N-dealkylation sites (N-methyl/N-ethyl adjacent to an activating group) is 1. The molecule has 2 heterocycles. The number of ether oxygens (including phenoxy) is 1. The molecule has 8 heteroatoms. The predicted octanol–water partition coefficient (Wildman–Crippen LogP) is 0.874. The molecule has 2 fully saturated rings. The van der Waals surface area contributed by atoms with Gasteiger partial charge in [-0.25, -0.2) is 8.42 Å². The van der Waals surface area contributed by atoms with Gasteiger partial charge in [0.05, 0.1) is 18.1 Å². The van der Waals surface area contributed by atoms with Gasteiger partial charge in [-0.1, -0.05) is 6.92 Å². The van der Waals surface area contributed by atoms with Crippen LogP contribution in [0.25, 0.3) is 0 Å². The summed E-state index contributed by atoms with van der Waals surface area (Å²) in [7, 11) is -3.57. The quantitative estimate of drug-likeness (QED) is 0.774. The Balaban J connectivity index is 1.71. The van der Waals surface area contributed by atoms with Gasteiger partial charge >= 0.3 is 0 Å². The minimum absolute atomic E-state index is 0.0376. The first-order valence-corrected chi connectivity index (χ1v) is 10.6. The average Bonchev–Trinajstić information content (AvgIpc) is 2.68. The molecule has 2 aliphatic rings. The second-order valence-corrected chi connectivity index (χ2v) is 8.68. The molecule has 0 bridgehead atoms. The van der Waals surface area contributed by atoms with Crippen molar-refractivity contribution in [2.24, 2.45) is 0 Å². The third-order valence-electron chi connectivity index (χ3n) is 5.12. The molecule has 26 heavy (non-hydrogen) atoms. The summed E-state index contributed by atoms with van der Waals surface area (Å²) in [5, 5.41) is 0. The molecule has 1 amide bonds. The molecule has 3 rings (SSSR count). The van der Waals surface area contributed by atoms with E-state index in [1.165, 1.54) is 16.4 Å². The zero-order valence-corrected chi connectivity index (χ0v) is 16.2. The van der Waals surface area contributed by atoms with Gasteiger partial charge in [0.15, 0.2) is 0 Å². The minimum atomic E-state index is -3.57. The molecule has 1 aromatic rings. The Hall–Kier alpha value is -1.48. The van der Waals surface area contributed by atoms with E-state index in [4.69, 9.17) is 4.74 Å². The topological polar surface area (TPSA) is 70.2 Å². The highest BCUT2D eigenvalue weighted by molar-refractivity contribution is 7.89. The van der Waals surface area contributed by atoms with E-state index in [1.54, 1.807) is 12.1 Å². The summed E-state index contributed by atoms with van der Waals surface area (Å²) in [6.45, 7) is 9.28. The Kier molecular flexibility index (Phi) is 5.96. The maximum absolute atomic E-state index is 12.8. The fourth-order valence-corrected chi connectivity index (χ4v) is 5.02. The monoisotopic (exact) mass is 381 g/mol. The van der Waals surface area contributed by atoms with Crippen LogP contribution in [0.15, 0.2) is 29.2 Å². The SMILES string of the molecule is CCN1CCN(C(=O)c2ccc(S(=O)(=O)N3CCOCC3C)cc2)CC1. The van der Waals surface area contributed by atoms with Crippen LogP contribution in [0.2, 0.25) is 0 Å². The molecule has 2 aliphatic heterocycles. The molecule has 1 atom stereocenters. The summed E-state index contributed by atoms with van der Waals surface area (Å²) in [4.78, 5) is 17.0. The van der Waals surface area contributed by atoms with Gasteiger partial charge in [0.1, 0.15) is 0 Å². The zero-order chi connectivity index (χ0) is 18.7. The van der Waals surface area contributed by atoms with Crippen molar-refractivity contribution in [3.63, 3.8) is 0 Å². The first-order valence-electron chi connectivity index (χ1n) is 9.14. The average molecular weight is 381 g/mol. The number of benzene rings is 1. The van der Waals surface area contributed by atoms with E-state index in [-0.39, 0.29) is 16.8 Å². The minimum Gasteiger partial charge on any atom is -0.378 e. The van der Waals surface area contributed by atoms with Crippen molar-refractivity contribution in [3.8, 4) is 0 Å². The van der Waals surface area contributed by atoms with Crippen molar-refractivity contribution in [2.75, 3.05) is 52.5 Å². The lowest BCUT2D eigenvalue weighted by atomic mass is 10.2. The highest BCUT2D eigenvalue weighted by atomic mass is 32.2. The van der Waals surface area contributed by atoms with Gasteiger partial charge < -0.3 is 14.5 Å². The number of amides is 1. The molecule has 1 unspecified atom stereocenters.